The maximum atomic E-state index is 12.0. The first kappa shape index (κ1) is 38.4. The predicted molar refractivity (Wildman–Crippen MR) is 150 cm³/mol. The van der Waals surface area contributed by atoms with Crippen LogP contribution >= 0.6 is 0 Å². The molecule has 12 nitrogen and oxygen atoms in total. The van der Waals surface area contributed by atoms with Crippen LogP contribution in [0.1, 0.15) is 59.3 Å². The number of allylic oxidation sites excluding steroid dienone is 3. The van der Waals surface area contributed by atoms with E-state index in [1.54, 1.807) is 11.1 Å². The SMILES string of the molecule is CC(=O)OCC1CCC(N2[C-]=C(C=O)CC=C2)O1.CCCC(OCCOC(C)=O)N1C=CCC(C(=O)OC[CH-]OC)=C1.[Hf]. The molecule has 0 saturated carbocycles. The van der Waals surface area contributed by atoms with Crippen LogP contribution in [0.3, 0.4) is 0 Å². The molecule has 3 heterocycles. The number of rotatable bonds is 15. The molecule has 0 amide bonds. The van der Waals surface area contributed by atoms with Gasteiger partial charge in [0.2, 0.25) is 0 Å². The van der Waals surface area contributed by atoms with Gasteiger partial charge in [-0.3, -0.25) is 9.59 Å². The minimum atomic E-state index is -0.382. The number of nitrogens with zero attached hydrogens (tertiary/aromatic N) is 2. The van der Waals surface area contributed by atoms with Gasteiger partial charge in [0.15, 0.2) is 0 Å². The van der Waals surface area contributed by atoms with E-state index in [1.807, 2.05) is 29.5 Å². The van der Waals surface area contributed by atoms with E-state index in [9.17, 15) is 19.2 Å². The first-order valence-electron chi connectivity index (χ1n) is 14.0. The van der Waals surface area contributed by atoms with Gasteiger partial charge in [-0.1, -0.05) is 31.8 Å². The second-order valence-electron chi connectivity index (χ2n) is 9.49. The van der Waals surface area contributed by atoms with Gasteiger partial charge in [-0.05, 0) is 39.4 Å². The van der Waals surface area contributed by atoms with Crippen molar-refractivity contribution in [3.8, 4) is 0 Å². The summed E-state index contributed by atoms with van der Waals surface area (Å²) in [5, 5.41) is 0. The Morgan fingerprint density at radius 1 is 1.09 bits per heavy atom. The minimum absolute atomic E-state index is 0. The third kappa shape index (κ3) is 15.1. The average molecular weight is 769 g/mol. The van der Waals surface area contributed by atoms with Crippen LogP contribution < -0.4 is 0 Å². The normalized spacial score (nSPS) is 19.6. The molecule has 0 N–H and O–H groups in total. The van der Waals surface area contributed by atoms with Crippen molar-refractivity contribution in [2.75, 3.05) is 33.5 Å². The molecule has 1 saturated heterocycles. The summed E-state index contributed by atoms with van der Waals surface area (Å²) >= 11 is 0. The number of carbonyl (C=O) groups is 4. The Labute approximate surface area is 272 Å². The van der Waals surface area contributed by atoms with Crippen molar-refractivity contribution in [3.05, 3.63) is 54.7 Å². The third-order valence-corrected chi connectivity index (χ3v) is 6.09. The van der Waals surface area contributed by atoms with Crippen molar-refractivity contribution >= 4 is 24.2 Å². The largest absolute Gasteiger partial charge is 0.551 e. The summed E-state index contributed by atoms with van der Waals surface area (Å²) in [5.74, 6) is -1.01. The zero-order chi connectivity index (χ0) is 30.7. The molecule has 0 aromatic carbocycles. The molecule has 1 fully saturated rings. The predicted octanol–water partition coefficient (Wildman–Crippen LogP) is 3.30. The molecule has 0 radical (unpaired) electrons. The maximum absolute atomic E-state index is 12.0. The van der Waals surface area contributed by atoms with Gasteiger partial charge in [0, 0.05) is 64.8 Å². The van der Waals surface area contributed by atoms with E-state index in [2.05, 4.69) is 13.1 Å². The Kier molecular flexibility index (Phi) is 19.6. The fourth-order valence-corrected chi connectivity index (χ4v) is 4.11. The van der Waals surface area contributed by atoms with Gasteiger partial charge in [-0.2, -0.15) is 6.61 Å². The molecular formula is C30H42HfN2O10-2. The monoisotopic (exact) mass is 770 g/mol. The van der Waals surface area contributed by atoms with Crippen molar-refractivity contribution < 1.29 is 73.4 Å². The molecule has 3 aliphatic rings. The second-order valence-corrected chi connectivity index (χ2v) is 9.49. The minimum Gasteiger partial charge on any atom is -0.551 e. The van der Waals surface area contributed by atoms with E-state index >= 15 is 0 Å². The quantitative estimate of drug-likeness (QED) is 0.0606. The van der Waals surface area contributed by atoms with E-state index in [0.717, 1.165) is 32.0 Å². The summed E-state index contributed by atoms with van der Waals surface area (Å²) in [6, 6.07) is 0. The van der Waals surface area contributed by atoms with E-state index in [-0.39, 0.29) is 82.1 Å². The molecule has 0 aliphatic carbocycles. The van der Waals surface area contributed by atoms with Crippen LogP contribution in [-0.4, -0.2) is 86.1 Å². The number of ether oxygens (including phenoxy) is 6. The van der Waals surface area contributed by atoms with Crippen LogP contribution in [0.25, 0.3) is 0 Å². The summed E-state index contributed by atoms with van der Waals surface area (Å²) < 4.78 is 31.1. The average Bonchev–Trinajstić information content (AvgIpc) is 3.47. The van der Waals surface area contributed by atoms with Gasteiger partial charge in [-0.15, -0.1) is 11.6 Å². The molecule has 0 bridgehead atoms. The summed E-state index contributed by atoms with van der Waals surface area (Å²) in [6.45, 7) is 7.10. The van der Waals surface area contributed by atoms with E-state index < -0.39 is 0 Å². The van der Waals surface area contributed by atoms with Crippen molar-refractivity contribution in [2.45, 2.75) is 77.9 Å². The van der Waals surface area contributed by atoms with Gasteiger partial charge in [0.25, 0.3) is 0 Å². The fourth-order valence-electron chi connectivity index (χ4n) is 4.11. The number of hydrogen-bond donors (Lipinski definition) is 0. The first-order valence-corrected chi connectivity index (χ1v) is 14.0. The Morgan fingerprint density at radius 2 is 1.84 bits per heavy atom. The zero-order valence-corrected chi connectivity index (χ0v) is 28.9. The molecule has 238 valence electrons. The smallest absolute Gasteiger partial charge is 0.333 e. The number of esters is 3. The van der Waals surface area contributed by atoms with Crippen molar-refractivity contribution in [1.82, 2.24) is 9.80 Å². The zero-order valence-electron chi connectivity index (χ0n) is 25.3. The molecule has 3 rings (SSSR count). The van der Waals surface area contributed by atoms with E-state index in [1.165, 1.54) is 27.6 Å². The Morgan fingerprint density at radius 3 is 2.51 bits per heavy atom. The summed E-state index contributed by atoms with van der Waals surface area (Å²) in [6.07, 6.45) is 17.1. The third-order valence-electron chi connectivity index (χ3n) is 6.09. The molecule has 0 spiro atoms. The van der Waals surface area contributed by atoms with Gasteiger partial charge in [0.1, 0.15) is 25.7 Å². The van der Waals surface area contributed by atoms with Crippen molar-refractivity contribution in [3.63, 3.8) is 0 Å². The molecule has 0 aromatic heterocycles. The molecule has 43 heavy (non-hydrogen) atoms. The fraction of sp³-hybridized carbons (Fsp3) is 0.567. The van der Waals surface area contributed by atoms with Crippen LogP contribution in [0.4, 0.5) is 0 Å². The van der Waals surface area contributed by atoms with Gasteiger partial charge in [0.05, 0.1) is 18.3 Å². The van der Waals surface area contributed by atoms with Crippen molar-refractivity contribution in [1.29, 1.82) is 0 Å². The Hall–Kier alpha value is -2.61. The number of hydrogen-bond acceptors (Lipinski definition) is 12. The molecule has 0 aromatic rings. The van der Waals surface area contributed by atoms with Crippen LogP contribution in [-0.2, 0) is 73.4 Å². The molecule has 3 atom stereocenters. The van der Waals surface area contributed by atoms with Crippen molar-refractivity contribution in [2.24, 2.45) is 0 Å². The van der Waals surface area contributed by atoms with Gasteiger partial charge in [-0.25, -0.2) is 4.79 Å². The Balaban J connectivity index is 0.000000435. The molecule has 3 unspecified atom stereocenters. The van der Waals surface area contributed by atoms with Gasteiger partial charge >= 0.3 is 17.9 Å². The van der Waals surface area contributed by atoms with E-state index in [0.29, 0.717) is 30.6 Å². The topological polar surface area (TPSA) is 130 Å². The van der Waals surface area contributed by atoms with Crippen LogP contribution in [0.15, 0.2) is 41.9 Å². The summed E-state index contributed by atoms with van der Waals surface area (Å²) in [5.41, 5.74) is 1.16. The molecule has 3 aliphatic heterocycles. The maximum Gasteiger partial charge on any atom is 0.333 e. The van der Waals surface area contributed by atoms with Crippen LogP contribution in [0.5, 0.6) is 0 Å². The standard InChI is InChI=1S/C17H26NO6.C13H16NO4.Hf/c1-4-6-16(23-12-11-22-14(2)19)18-8-5-7-15(13-18)17(20)24-10-9-21-3;1-10(16)17-9-12-4-5-13(18-12)14-6-2-3-11(7-14)8-15;/h5,8-9,13,16H,4,6-7,10-12H2,1-3H3;2,6,8,12-13H,3-5,9H2,1H3;/q2*-1;. The number of carbonyl (C=O) groups excluding carboxylic acids is 4. The van der Waals surface area contributed by atoms with E-state index in [4.69, 9.17) is 28.4 Å². The number of aldehydes is 1. The first-order chi connectivity index (χ1) is 20.3. The van der Waals surface area contributed by atoms with Crippen LogP contribution in [0.2, 0.25) is 0 Å². The van der Waals surface area contributed by atoms with Gasteiger partial charge < -0.3 is 43.0 Å². The second kappa shape index (κ2) is 22.0. The molecular weight excluding hydrogens is 727 g/mol. The number of methoxy groups -OCH3 is 1. The summed E-state index contributed by atoms with van der Waals surface area (Å²) in [7, 11) is 1.50. The summed E-state index contributed by atoms with van der Waals surface area (Å²) in [4.78, 5) is 47.8. The Bertz CT molecular complexity index is 1010. The molecule has 13 heteroatoms. The van der Waals surface area contributed by atoms with Crippen LogP contribution in [0, 0.1) is 12.8 Å².